The maximum atomic E-state index is 12.3. The maximum Gasteiger partial charge on any atom is 0.242 e. The van der Waals surface area contributed by atoms with Gasteiger partial charge in [-0.15, -0.1) is 11.3 Å². The zero-order valence-corrected chi connectivity index (χ0v) is 11.5. The molecule has 0 aliphatic carbocycles. The van der Waals surface area contributed by atoms with Crippen molar-refractivity contribution in [2.45, 2.75) is 19.0 Å². The zero-order valence-electron chi connectivity index (χ0n) is 10.7. The van der Waals surface area contributed by atoms with Gasteiger partial charge in [0.2, 0.25) is 5.91 Å². The molecule has 0 saturated heterocycles. The van der Waals surface area contributed by atoms with Gasteiger partial charge >= 0.3 is 0 Å². The van der Waals surface area contributed by atoms with Crippen molar-refractivity contribution in [1.29, 1.82) is 5.26 Å². The van der Waals surface area contributed by atoms with Crippen LogP contribution in [-0.4, -0.2) is 11.9 Å². The van der Waals surface area contributed by atoms with Gasteiger partial charge in [0, 0.05) is 6.54 Å². The van der Waals surface area contributed by atoms with Crippen molar-refractivity contribution >= 4 is 22.2 Å². The summed E-state index contributed by atoms with van der Waals surface area (Å²) >= 11 is 1.37. The highest BCUT2D eigenvalue weighted by atomic mass is 32.1. The van der Waals surface area contributed by atoms with Crippen LogP contribution in [0.4, 0.5) is 5.00 Å². The molecule has 20 heavy (non-hydrogen) atoms. The van der Waals surface area contributed by atoms with E-state index in [0.29, 0.717) is 23.5 Å². The van der Waals surface area contributed by atoms with Gasteiger partial charge in [-0.3, -0.25) is 4.79 Å². The minimum atomic E-state index is -0.251. The first kappa shape index (κ1) is 12.9. The highest BCUT2D eigenvalue weighted by Crippen LogP contribution is 2.23. The van der Waals surface area contributed by atoms with Crippen LogP contribution in [0.2, 0.25) is 0 Å². The lowest BCUT2D eigenvalue weighted by atomic mass is 9.95. The Hall–Kier alpha value is -2.16. The van der Waals surface area contributed by atoms with Gasteiger partial charge in [0.25, 0.3) is 0 Å². The molecule has 0 saturated carbocycles. The van der Waals surface area contributed by atoms with Gasteiger partial charge < -0.3 is 10.6 Å². The van der Waals surface area contributed by atoms with E-state index < -0.39 is 0 Å². The first-order valence-corrected chi connectivity index (χ1v) is 7.24. The van der Waals surface area contributed by atoms with E-state index in [1.54, 1.807) is 11.4 Å². The van der Waals surface area contributed by atoms with E-state index in [9.17, 15) is 4.79 Å². The summed E-state index contributed by atoms with van der Waals surface area (Å²) < 4.78 is 0. The van der Waals surface area contributed by atoms with Crippen molar-refractivity contribution in [3.05, 3.63) is 52.4 Å². The standard InChI is InChI=1S/C15H13N3OS/c16-8-11-5-6-20-15(11)18-14(19)13-7-10-3-1-2-4-12(10)9-17-13/h1-6,13,17H,7,9H2,(H,18,19)/t13-/m0/s1. The molecule has 0 radical (unpaired) electrons. The van der Waals surface area contributed by atoms with Gasteiger partial charge in [-0.2, -0.15) is 5.26 Å². The van der Waals surface area contributed by atoms with Crippen molar-refractivity contribution in [2.24, 2.45) is 0 Å². The molecule has 1 aromatic heterocycles. The van der Waals surface area contributed by atoms with Gasteiger partial charge in [0.15, 0.2) is 0 Å². The van der Waals surface area contributed by atoms with Gasteiger partial charge in [-0.05, 0) is 29.0 Å². The molecule has 1 aromatic carbocycles. The summed E-state index contributed by atoms with van der Waals surface area (Å²) in [5, 5.41) is 17.4. The minimum absolute atomic E-state index is 0.0848. The summed E-state index contributed by atoms with van der Waals surface area (Å²) in [7, 11) is 0. The quantitative estimate of drug-likeness (QED) is 0.888. The Balaban J connectivity index is 1.72. The van der Waals surface area contributed by atoms with Crippen LogP contribution in [0.5, 0.6) is 0 Å². The van der Waals surface area contributed by atoms with E-state index in [1.807, 2.05) is 12.1 Å². The lowest BCUT2D eigenvalue weighted by Gasteiger charge is -2.25. The van der Waals surface area contributed by atoms with Crippen molar-refractivity contribution < 1.29 is 4.79 Å². The summed E-state index contributed by atoms with van der Waals surface area (Å²) in [6.45, 7) is 0.698. The highest BCUT2D eigenvalue weighted by Gasteiger charge is 2.24. The van der Waals surface area contributed by atoms with Gasteiger partial charge in [-0.25, -0.2) is 0 Å². The Morgan fingerprint density at radius 1 is 1.35 bits per heavy atom. The van der Waals surface area contributed by atoms with Crippen LogP contribution in [0.25, 0.3) is 0 Å². The van der Waals surface area contributed by atoms with Crippen molar-refractivity contribution in [2.75, 3.05) is 5.32 Å². The minimum Gasteiger partial charge on any atom is -0.315 e. The number of fused-ring (bicyclic) bond motifs is 1. The molecule has 1 aliphatic heterocycles. The molecule has 5 heteroatoms. The van der Waals surface area contributed by atoms with Gasteiger partial charge in [-0.1, -0.05) is 24.3 Å². The Labute approximate surface area is 121 Å². The average Bonchev–Trinajstić information content (AvgIpc) is 2.94. The second-order valence-corrected chi connectivity index (χ2v) is 5.59. The Morgan fingerprint density at radius 3 is 2.95 bits per heavy atom. The molecule has 1 atom stereocenters. The number of nitrogens with zero attached hydrogens (tertiary/aromatic N) is 1. The molecule has 1 aliphatic rings. The SMILES string of the molecule is N#Cc1ccsc1NC(=O)[C@@H]1Cc2ccccc2CN1. The number of amides is 1. The number of nitrogens with one attached hydrogen (secondary N) is 2. The summed E-state index contributed by atoms with van der Waals surface area (Å²) in [6.07, 6.45) is 0.676. The van der Waals surface area contributed by atoms with Crippen LogP contribution in [0.3, 0.4) is 0 Å². The number of benzene rings is 1. The lowest BCUT2D eigenvalue weighted by molar-refractivity contribution is -0.118. The number of anilines is 1. The summed E-state index contributed by atoms with van der Waals surface area (Å²) in [4.78, 5) is 12.3. The first-order chi connectivity index (χ1) is 9.78. The molecule has 4 nitrogen and oxygen atoms in total. The van der Waals surface area contributed by atoms with E-state index in [-0.39, 0.29) is 11.9 Å². The normalized spacial score (nSPS) is 17.1. The molecule has 2 heterocycles. The second kappa shape index (κ2) is 5.45. The van der Waals surface area contributed by atoms with E-state index in [2.05, 4.69) is 28.8 Å². The molecule has 0 spiro atoms. The van der Waals surface area contributed by atoms with Gasteiger partial charge in [0.1, 0.15) is 11.1 Å². The van der Waals surface area contributed by atoms with Crippen molar-refractivity contribution in [1.82, 2.24) is 5.32 Å². The van der Waals surface area contributed by atoms with Crippen LogP contribution in [-0.2, 0) is 17.8 Å². The molecule has 0 unspecified atom stereocenters. The number of rotatable bonds is 2. The average molecular weight is 283 g/mol. The fourth-order valence-electron chi connectivity index (χ4n) is 2.33. The summed E-state index contributed by atoms with van der Waals surface area (Å²) in [6, 6.07) is 11.7. The number of nitriles is 1. The Bertz CT molecular complexity index is 686. The molecule has 2 N–H and O–H groups in total. The third-order valence-electron chi connectivity index (χ3n) is 3.42. The largest absolute Gasteiger partial charge is 0.315 e. The molecular formula is C15H13N3OS. The second-order valence-electron chi connectivity index (χ2n) is 4.67. The predicted octanol–water partition coefficient (Wildman–Crippen LogP) is 2.27. The molecule has 2 aromatic rings. The molecule has 0 fully saturated rings. The van der Waals surface area contributed by atoms with E-state index in [0.717, 1.165) is 0 Å². The van der Waals surface area contributed by atoms with Crippen molar-refractivity contribution in [3.8, 4) is 6.07 Å². The van der Waals surface area contributed by atoms with Crippen LogP contribution < -0.4 is 10.6 Å². The van der Waals surface area contributed by atoms with Gasteiger partial charge in [0.05, 0.1) is 11.6 Å². The first-order valence-electron chi connectivity index (χ1n) is 6.36. The molecule has 0 bridgehead atoms. The fourth-order valence-corrected chi connectivity index (χ4v) is 3.07. The number of carbonyl (C=O) groups is 1. The molecule has 100 valence electrons. The number of thiophene rings is 1. The van der Waals surface area contributed by atoms with Crippen LogP contribution in [0.15, 0.2) is 35.7 Å². The summed E-state index contributed by atoms with van der Waals surface area (Å²) in [5.74, 6) is -0.0848. The fraction of sp³-hybridized carbons (Fsp3) is 0.200. The molecular weight excluding hydrogens is 270 g/mol. The lowest BCUT2D eigenvalue weighted by Crippen LogP contribution is -2.44. The number of carbonyl (C=O) groups excluding carboxylic acids is 1. The van der Waals surface area contributed by atoms with Crippen molar-refractivity contribution in [3.63, 3.8) is 0 Å². The molecule has 1 amide bonds. The summed E-state index contributed by atoms with van der Waals surface area (Å²) in [5.41, 5.74) is 2.96. The number of hydrogen-bond donors (Lipinski definition) is 2. The monoisotopic (exact) mass is 283 g/mol. The van der Waals surface area contributed by atoms with E-state index >= 15 is 0 Å². The topological polar surface area (TPSA) is 64.9 Å². The third-order valence-corrected chi connectivity index (χ3v) is 4.25. The van der Waals surface area contributed by atoms with Crippen LogP contribution in [0.1, 0.15) is 16.7 Å². The Kier molecular flexibility index (Phi) is 3.50. The predicted molar refractivity (Wildman–Crippen MR) is 78.4 cm³/mol. The number of hydrogen-bond acceptors (Lipinski definition) is 4. The highest BCUT2D eigenvalue weighted by molar-refractivity contribution is 7.14. The van der Waals surface area contributed by atoms with E-state index in [1.165, 1.54) is 22.5 Å². The molecule has 3 rings (SSSR count). The smallest absolute Gasteiger partial charge is 0.242 e. The maximum absolute atomic E-state index is 12.3. The van der Waals surface area contributed by atoms with Crippen LogP contribution in [0, 0.1) is 11.3 Å². The Morgan fingerprint density at radius 2 is 2.15 bits per heavy atom. The third kappa shape index (κ3) is 2.44. The van der Waals surface area contributed by atoms with E-state index in [4.69, 9.17) is 5.26 Å². The zero-order chi connectivity index (χ0) is 13.9. The van der Waals surface area contributed by atoms with Crippen LogP contribution >= 0.6 is 11.3 Å².